The van der Waals surface area contributed by atoms with E-state index in [2.05, 4.69) is 14.9 Å². The van der Waals surface area contributed by atoms with Gasteiger partial charge in [0.2, 0.25) is 11.7 Å². The number of aromatic nitrogens is 2. The smallest absolute Gasteiger partial charge is 0.248 e. The van der Waals surface area contributed by atoms with E-state index in [0.717, 1.165) is 42.6 Å². The van der Waals surface area contributed by atoms with Gasteiger partial charge in [0.05, 0.1) is 12.3 Å². The highest BCUT2D eigenvalue weighted by atomic mass is 19.1. The molecule has 1 fully saturated rings. The number of hydrogen-bond donors (Lipinski definition) is 2. The third kappa shape index (κ3) is 4.85. The van der Waals surface area contributed by atoms with Gasteiger partial charge >= 0.3 is 0 Å². The summed E-state index contributed by atoms with van der Waals surface area (Å²) in [5.74, 6) is -1.49. The number of ketones is 1. The van der Waals surface area contributed by atoms with E-state index in [1.165, 1.54) is 18.6 Å². The van der Waals surface area contributed by atoms with E-state index in [1.54, 1.807) is 34.9 Å². The number of hydrogen-bond acceptors (Lipinski definition) is 6. The van der Waals surface area contributed by atoms with Crippen LogP contribution in [0.25, 0.3) is 16.8 Å². The number of halogens is 1. The summed E-state index contributed by atoms with van der Waals surface area (Å²) in [6.07, 6.45) is 4.22. The molecular formula is C31H28FN5O3. The van der Waals surface area contributed by atoms with Gasteiger partial charge in [-0.15, -0.1) is 0 Å². The molecule has 0 saturated carbocycles. The van der Waals surface area contributed by atoms with Gasteiger partial charge in [-0.1, -0.05) is 42.5 Å². The summed E-state index contributed by atoms with van der Waals surface area (Å²) in [5.41, 5.74) is 9.80. The number of carbonyl (C=O) groups is 2. The van der Waals surface area contributed by atoms with E-state index < -0.39 is 17.8 Å². The van der Waals surface area contributed by atoms with Gasteiger partial charge in [0.25, 0.3) is 0 Å². The van der Waals surface area contributed by atoms with Gasteiger partial charge in [-0.2, -0.15) is 0 Å². The van der Waals surface area contributed by atoms with Crippen molar-refractivity contribution in [2.75, 3.05) is 13.1 Å². The first-order valence-corrected chi connectivity index (χ1v) is 13.2. The lowest BCUT2D eigenvalue weighted by atomic mass is 9.93. The van der Waals surface area contributed by atoms with E-state index in [1.807, 2.05) is 30.3 Å². The minimum Gasteiger partial charge on any atom is -0.393 e. The van der Waals surface area contributed by atoms with Crippen LogP contribution >= 0.6 is 0 Å². The van der Waals surface area contributed by atoms with Gasteiger partial charge in [0.1, 0.15) is 29.6 Å². The Bertz CT molecular complexity index is 1640. The van der Waals surface area contributed by atoms with Crippen LogP contribution < -0.4 is 5.73 Å². The molecule has 6 rings (SSSR count). The summed E-state index contributed by atoms with van der Waals surface area (Å²) >= 11 is 0. The van der Waals surface area contributed by atoms with Crippen LogP contribution in [0.5, 0.6) is 0 Å². The van der Waals surface area contributed by atoms with E-state index in [-0.39, 0.29) is 23.1 Å². The van der Waals surface area contributed by atoms with Crippen LogP contribution in [-0.2, 0) is 6.54 Å². The van der Waals surface area contributed by atoms with Crippen LogP contribution in [0.3, 0.4) is 0 Å². The van der Waals surface area contributed by atoms with Crippen LogP contribution in [0.15, 0.2) is 78.0 Å². The zero-order valence-corrected chi connectivity index (χ0v) is 21.7. The molecule has 3 aromatic carbocycles. The predicted octanol–water partition coefficient (Wildman–Crippen LogP) is 4.09. The number of Topliss-reactive ketones (excluding diaryl/α,β-unsaturated/α-hetero) is 1. The molecule has 3 N–H and O–H groups in total. The highest BCUT2D eigenvalue weighted by Gasteiger charge is 2.32. The van der Waals surface area contributed by atoms with Crippen molar-refractivity contribution in [3.63, 3.8) is 0 Å². The summed E-state index contributed by atoms with van der Waals surface area (Å²) < 4.78 is 17.2. The topological polar surface area (TPSA) is 114 Å². The van der Waals surface area contributed by atoms with Gasteiger partial charge in [-0.3, -0.25) is 24.0 Å². The molecule has 1 aromatic heterocycles. The Morgan fingerprint density at radius 3 is 2.62 bits per heavy atom. The molecule has 1 saturated heterocycles. The SMILES string of the molecule is NC(=O)c1cccc(-n2cnc3c2C(=O)C(c2ccc(-c4ccccc4CN4CCC(O)CC4)cc2F)N=C3)c1. The van der Waals surface area contributed by atoms with Gasteiger partial charge in [-0.05, 0) is 53.8 Å². The van der Waals surface area contributed by atoms with Gasteiger partial charge in [0, 0.05) is 36.4 Å². The summed E-state index contributed by atoms with van der Waals surface area (Å²) in [4.78, 5) is 36.2. The van der Waals surface area contributed by atoms with Crippen molar-refractivity contribution in [2.45, 2.75) is 31.5 Å². The van der Waals surface area contributed by atoms with E-state index >= 15 is 4.39 Å². The number of primary amides is 1. The highest BCUT2D eigenvalue weighted by molar-refractivity contribution is 6.09. The van der Waals surface area contributed by atoms with Gasteiger partial charge < -0.3 is 10.8 Å². The second-order valence-electron chi connectivity index (χ2n) is 10.2. The second kappa shape index (κ2) is 10.6. The lowest BCUT2D eigenvalue weighted by molar-refractivity contribution is 0.0793. The Morgan fingerprint density at radius 2 is 1.85 bits per heavy atom. The molecule has 8 nitrogen and oxygen atoms in total. The normalized spacial score (nSPS) is 17.6. The first-order chi connectivity index (χ1) is 19.4. The molecule has 0 radical (unpaired) electrons. The molecule has 1 unspecified atom stereocenters. The number of aliphatic hydroxyl groups excluding tert-OH is 1. The maximum atomic E-state index is 15.7. The number of carbonyl (C=O) groups excluding carboxylic acids is 2. The maximum Gasteiger partial charge on any atom is 0.248 e. The Kier molecular flexibility index (Phi) is 6.83. The van der Waals surface area contributed by atoms with Crippen molar-refractivity contribution in [3.05, 3.63) is 107 Å². The van der Waals surface area contributed by atoms with Crippen molar-refractivity contribution >= 4 is 17.9 Å². The molecular weight excluding hydrogens is 509 g/mol. The van der Waals surface area contributed by atoms with Crippen LogP contribution in [0.1, 0.15) is 56.6 Å². The number of amides is 1. The molecule has 0 bridgehead atoms. The number of nitrogens with zero attached hydrogens (tertiary/aromatic N) is 4. The predicted molar refractivity (Wildman–Crippen MR) is 149 cm³/mol. The highest BCUT2D eigenvalue weighted by Crippen LogP contribution is 2.33. The second-order valence-corrected chi connectivity index (χ2v) is 10.2. The average Bonchev–Trinajstić information content (AvgIpc) is 3.40. The number of imidazole rings is 1. The fourth-order valence-corrected chi connectivity index (χ4v) is 5.44. The van der Waals surface area contributed by atoms with Crippen LogP contribution in [0.4, 0.5) is 4.39 Å². The summed E-state index contributed by atoms with van der Waals surface area (Å²) in [6, 6.07) is 18.3. The minimum absolute atomic E-state index is 0.178. The summed E-state index contributed by atoms with van der Waals surface area (Å²) in [5, 5.41) is 9.83. The monoisotopic (exact) mass is 537 g/mol. The molecule has 1 atom stereocenters. The summed E-state index contributed by atoms with van der Waals surface area (Å²) in [6.45, 7) is 2.34. The van der Waals surface area contributed by atoms with E-state index in [4.69, 9.17) is 5.73 Å². The number of aliphatic hydroxyl groups is 1. The molecule has 2 aliphatic rings. The van der Waals surface area contributed by atoms with Crippen molar-refractivity contribution in [1.29, 1.82) is 0 Å². The van der Waals surface area contributed by atoms with Crippen molar-refractivity contribution < 1.29 is 19.1 Å². The molecule has 9 heteroatoms. The van der Waals surface area contributed by atoms with Crippen molar-refractivity contribution in [2.24, 2.45) is 10.7 Å². The first kappa shape index (κ1) is 25.8. The number of piperidine rings is 1. The standard InChI is InChI=1S/C31H28FN5O3/c32-26-15-19(24-7-2-1-4-21(24)17-36-12-10-23(38)11-13-36)8-9-25(26)28-30(39)29-27(16-34-28)35-18-37(29)22-6-3-5-20(14-22)31(33)40/h1-9,14-16,18,23,28,38H,10-13,17H2,(H2,33,40). The fourth-order valence-electron chi connectivity index (χ4n) is 5.44. The van der Waals surface area contributed by atoms with Crippen LogP contribution in [0.2, 0.25) is 0 Å². The molecule has 0 spiro atoms. The lowest BCUT2D eigenvalue weighted by Gasteiger charge is -2.30. The van der Waals surface area contributed by atoms with Crippen molar-refractivity contribution in [1.82, 2.24) is 14.5 Å². The number of rotatable bonds is 6. The van der Waals surface area contributed by atoms with Gasteiger partial charge in [0.15, 0.2) is 0 Å². The minimum atomic E-state index is -1.06. The zero-order chi connectivity index (χ0) is 27.8. The molecule has 4 aromatic rings. The van der Waals surface area contributed by atoms with E-state index in [9.17, 15) is 14.7 Å². The molecule has 202 valence electrons. The quantitative estimate of drug-likeness (QED) is 0.385. The number of fused-ring (bicyclic) bond motifs is 1. The van der Waals surface area contributed by atoms with Gasteiger partial charge in [-0.25, -0.2) is 9.37 Å². The zero-order valence-electron chi connectivity index (χ0n) is 21.7. The molecule has 3 heterocycles. The fraction of sp³-hybridized carbons (Fsp3) is 0.226. The van der Waals surface area contributed by atoms with Crippen molar-refractivity contribution in [3.8, 4) is 16.8 Å². The average molecular weight is 538 g/mol. The number of aliphatic imine (C=N–C) groups is 1. The van der Waals surface area contributed by atoms with E-state index in [0.29, 0.717) is 23.5 Å². The number of likely N-dealkylation sites (tertiary alicyclic amines) is 1. The molecule has 40 heavy (non-hydrogen) atoms. The number of nitrogens with two attached hydrogens (primary N) is 1. The van der Waals surface area contributed by atoms with Crippen LogP contribution in [0, 0.1) is 5.82 Å². The van der Waals surface area contributed by atoms with Crippen LogP contribution in [-0.4, -0.2) is 56.7 Å². The lowest BCUT2D eigenvalue weighted by Crippen LogP contribution is -2.35. The third-order valence-electron chi connectivity index (χ3n) is 7.61. The Morgan fingerprint density at radius 1 is 1.05 bits per heavy atom. The first-order valence-electron chi connectivity index (χ1n) is 13.2. The maximum absolute atomic E-state index is 15.7. The Balaban J connectivity index is 1.29. The molecule has 2 aliphatic heterocycles. The third-order valence-corrected chi connectivity index (χ3v) is 7.61. The number of benzene rings is 3. The molecule has 1 amide bonds. The Hall–Kier alpha value is -4.47. The Labute approximate surface area is 230 Å². The summed E-state index contributed by atoms with van der Waals surface area (Å²) in [7, 11) is 0. The largest absolute Gasteiger partial charge is 0.393 e. The molecule has 0 aliphatic carbocycles.